The molecule has 0 atom stereocenters. The number of non-ortho nitro benzene ring substituents is 1. The third-order valence-corrected chi connectivity index (χ3v) is 3.65. The monoisotopic (exact) mass is 411 g/mol. The first-order chi connectivity index (χ1) is 14.5. The van der Waals surface area contributed by atoms with Crippen LogP contribution in [0.25, 0.3) is 0 Å². The van der Waals surface area contributed by atoms with Gasteiger partial charge in [0.2, 0.25) is 11.6 Å². The molecule has 0 aliphatic rings. The van der Waals surface area contributed by atoms with Crippen LogP contribution in [0.4, 0.5) is 28.7 Å². The fraction of sp³-hybridized carbons (Fsp3) is 0. The van der Waals surface area contributed by atoms with E-state index in [0.29, 0.717) is 5.69 Å². The molecule has 14 heteroatoms. The SMILES string of the molecule is O=C(NNc1ncnc(NNc2ccc([N+](=O)[O-])cc2)c1[N+](=O)[O-])c1ccncc1. The van der Waals surface area contributed by atoms with Crippen molar-refractivity contribution < 1.29 is 14.6 Å². The number of anilines is 3. The van der Waals surface area contributed by atoms with Gasteiger partial charge in [0.15, 0.2) is 0 Å². The van der Waals surface area contributed by atoms with Crippen molar-refractivity contribution in [2.75, 3.05) is 16.3 Å². The Bertz CT molecular complexity index is 1080. The van der Waals surface area contributed by atoms with Gasteiger partial charge in [0.05, 0.1) is 15.5 Å². The maximum absolute atomic E-state index is 12.1. The number of benzene rings is 1. The average Bonchev–Trinajstić information content (AvgIpc) is 2.76. The summed E-state index contributed by atoms with van der Waals surface area (Å²) in [7, 11) is 0. The van der Waals surface area contributed by atoms with Gasteiger partial charge in [-0.05, 0) is 24.3 Å². The van der Waals surface area contributed by atoms with Crippen LogP contribution >= 0.6 is 0 Å². The van der Waals surface area contributed by atoms with E-state index < -0.39 is 21.4 Å². The molecule has 0 aliphatic heterocycles. The van der Waals surface area contributed by atoms with E-state index in [9.17, 15) is 25.0 Å². The Morgan fingerprint density at radius 1 is 0.833 bits per heavy atom. The predicted molar refractivity (Wildman–Crippen MR) is 104 cm³/mol. The molecule has 0 spiro atoms. The summed E-state index contributed by atoms with van der Waals surface area (Å²) in [5, 5.41) is 22.2. The van der Waals surface area contributed by atoms with Gasteiger partial charge in [-0.3, -0.25) is 51.7 Å². The molecule has 2 heterocycles. The number of nitro benzene ring substituents is 1. The minimum Gasteiger partial charge on any atom is -0.299 e. The fourth-order valence-corrected chi connectivity index (χ4v) is 2.22. The summed E-state index contributed by atoms with van der Waals surface area (Å²) < 4.78 is 0. The lowest BCUT2D eigenvalue weighted by Crippen LogP contribution is -2.30. The van der Waals surface area contributed by atoms with Crippen molar-refractivity contribution in [2.24, 2.45) is 0 Å². The van der Waals surface area contributed by atoms with Crippen molar-refractivity contribution in [2.45, 2.75) is 0 Å². The van der Waals surface area contributed by atoms with Crippen LogP contribution in [0.2, 0.25) is 0 Å². The highest BCUT2D eigenvalue weighted by molar-refractivity contribution is 5.94. The number of nitrogens with zero attached hydrogens (tertiary/aromatic N) is 5. The van der Waals surface area contributed by atoms with Crippen LogP contribution < -0.4 is 21.7 Å². The number of carbonyl (C=O) groups is 1. The maximum atomic E-state index is 12.1. The van der Waals surface area contributed by atoms with Crippen LogP contribution in [0, 0.1) is 20.2 Å². The van der Waals surface area contributed by atoms with E-state index in [-0.39, 0.29) is 22.9 Å². The molecule has 1 amide bonds. The molecule has 152 valence electrons. The Kier molecular flexibility index (Phi) is 5.88. The van der Waals surface area contributed by atoms with Gasteiger partial charge >= 0.3 is 5.69 Å². The maximum Gasteiger partial charge on any atom is 0.356 e. The molecule has 2 aromatic heterocycles. The highest BCUT2D eigenvalue weighted by atomic mass is 16.6. The van der Waals surface area contributed by atoms with Crippen molar-refractivity contribution in [3.63, 3.8) is 0 Å². The highest BCUT2D eigenvalue weighted by Crippen LogP contribution is 2.28. The van der Waals surface area contributed by atoms with Gasteiger partial charge in [0.25, 0.3) is 11.6 Å². The van der Waals surface area contributed by atoms with Crippen LogP contribution in [0.15, 0.2) is 55.1 Å². The first kappa shape index (κ1) is 19.9. The predicted octanol–water partition coefficient (Wildman–Crippen LogP) is 1.88. The van der Waals surface area contributed by atoms with Crippen molar-refractivity contribution in [3.8, 4) is 0 Å². The largest absolute Gasteiger partial charge is 0.356 e. The molecule has 0 fully saturated rings. The average molecular weight is 411 g/mol. The second-order valence-electron chi connectivity index (χ2n) is 5.55. The number of nitro groups is 2. The van der Waals surface area contributed by atoms with Gasteiger partial charge in [-0.1, -0.05) is 0 Å². The number of aromatic nitrogens is 3. The van der Waals surface area contributed by atoms with Crippen molar-refractivity contribution in [3.05, 3.63) is 80.9 Å². The van der Waals surface area contributed by atoms with E-state index in [2.05, 4.69) is 36.7 Å². The van der Waals surface area contributed by atoms with Gasteiger partial charge in [-0.2, -0.15) is 0 Å². The number of carbonyl (C=O) groups excluding carboxylic acids is 1. The van der Waals surface area contributed by atoms with E-state index in [0.717, 1.165) is 6.33 Å². The van der Waals surface area contributed by atoms with Crippen molar-refractivity contribution in [1.82, 2.24) is 20.4 Å². The van der Waals surface area contributed by atoms with Crippen LogP contribution in [-0.4, -0.2) is 30.7 Å². The van der Waals surface area contributed by atoms with Crippen LogP contribution in [0.1, 0.15) is 10.4 Å². The molecule has 0 unspecified atom stereocenters. The minimum atomic E-state index is -0.735. The first-order valence-electron chi connectivity index (χ1n) is 8.18. The zero-order valence-electron chi connectivity index (χ0n) is 15.0. The summed E-state index contributed by atoms with van der Waals surface area (Å²) >= 11 is 0. The number of amides is 1. The molecule has 3 rings (SSSR count). The Balaban J connectivity index is 1.73. The number of hydrogen-bond donors (Lipinski definition) is 4. The van der Waals surface area contributed by atoms with E-state index in [1.807, 2.05) is 0 Å². The first-order valence-corrected chi connectivity index (χ1v) is 8.18. The Hall–Kier alpha value is -4.88. The third-order valence-electron chi connectivity index (χ3n) is 3.65. The van der Waals surface area contributed by atoms with Crippen LogP contribution in [0.3, 0.4) is 0 Å². The molecule has 0 bridgehead atoms. The third kappa shape index (κ3) is 4.69. The Morgan fingerprint density at radius 3 is 2.07 bits per heavy atom. The summed E-state index contributed by atoms with van der Waals surface area (Å²) in [5.74, 6) is -1.01. The van der Waals surface area contributed by atoms with Gasteiger partial charge in [-0.25, -0.2) is 9.97 Å². The summed E-state index contributed by atoms with van der Waals surface area (Å²) in [5.41, 5.74) is 9.93. The molecular formula is C16H13N9O5. The minimum absolute atomic E-state index is 0.106. The lowest BCUT2D eigenvalue weighted by molar-refractivity contribution is -0.384. The van der Waals surface area contributed by atoms with Crippen LogP contribution in [-0.2, 0) is 0 Å². The zero-order chi connectivity index (χ0) is 21.5. The zero-order valence-corrected chi connectivity index (χ0v) is 15.0. The molecule has 14 nitrogen and oxygen atoms in total. The number of rotatable bonds is 8. The summed E-state index contributed by atoms with van der Waals surface area (Å²) in [6.45, 7) is 0. The lowest BCUT2D eigenvalue weighted by atomic mass is 10.3. The van der Waals surface area contributed by atoms with Crippen molar-refractivity contribution in [1.29, 1.82) is 0 Å². The molecule has 0 saturated heterocycles. The Morgan fingerprint density at radius 2 is 1.47 bits per heavy atom. The number of hydrogen-bond acceptors (Lipinski definition) is 11. The Labute approximate surface area is 167 Å². The molecule has 0 radical (unpaired) electrons. The number of pyridine rings is 1. The molecule has 30 heavy (non-hydrogen) atoms. The van der Waals surface area contributed by atoms with Gasteiger partial charge in [0, 0.05) is 30.1 Å². The van der Waals surface area contributed by atoms with Crippen LogP contribution in [0.5, 0.6) is 0 Å². The standard InChI is InChI=1S/C16H13N9O5/c26-16(10-5-7-17-8-6-10)23-22-15-13(25(29)30)14(18-9-19-15)21-20-11-1-3-12(4-2-11)24(27)28/h1-9,20H,(H,23,26)(H2,18,19,21,22). The molecule has 3 aromatic rings. The topological polar surface area (TPSA) is 190 Å². The second kappa shape index (κ2) is 8.87. The highest BCUT2D eigenvalue weighted by Gasteiger charge is 2.23. The summed E-state index contributed by atoms with van der Waals surface area (Å²) in [6, 6.07) is 8.28. The number of nitrogens with one attached hydrogen (secondary N) is 4. The smallest absolute Gasteiger partial charge is 0.299 e. The quantitative estimate of drug-likeness (QED) is 0.312. The summed E-state index contributed by atoms with van der Waals surface area (Å²) in [6.07, 6.45) is 3.90. The molecule has 4 N–H and O–H groups in total. The second-order valence-corrected chi connectivity index (χ2v) is 5.55. The van der Waals surface area contributed by atoms with E-state index >= 15 is 0 Å². The summed E-state index contributed by atoms with van der Waals surface area (Å²) in [4.78, 5) is 44.4. The lowest BCUT2D eigenvalue weighted by Gasteiger charge is -2.12. The molecular weight excluding hydrogens is 398 g/mol. The van der Waals surface area contributed by atoms with Gasteiger partial charge in [0.1, 0.15) is 6.33 Å². The van der Waals surface area contributed by atoms with E-state index in [4.69, 9.17) is 0 Å². The fourth-order valence-electron chi connectivity index (χ4n) is 2.22. The van der Waals surface area contributed by atoms with Crippen molar-refractivity contribution >= 4 is 34.6 Å². The van der Waals surface area contributed by atoms with E-state index in [1.54, 1.807) is 0 Å². The van der Waals surface area contributed by atoms with E-state index in [1.165, 1.54) is 48.8 Å². The van der Waals surface area contributed by atoms with Gasteiger partial charge in [-0.15, -0.1) is 0 Å². The normalized spacial score (nSPS) is 10.0. The van der Waals surface area contributed by atoms with Gasteiger partial charge < -0.3 is 0 Å². The molecule has 1 aromatic carbocycles. The molecule has 0 aliphatic carbocycles. The molecule has 0 saturated carbocycles. The number of hydrazine groups is 2.